The summed E-state index contributed by atoms with van der Waals surface area (Å²) in [6.45, 7) is 4.91. The van der Waals surface area contributed by atoms with E-state index in [2.05, 4.69) is 41.3 Å². The van der Waals surface area contributed by atoms with Crippen LogP contribution in [0, 0.1) is 0 Å². The summed E-state index contributed by atoms with van der Waals surface area (Å²) in [5, 5.41) is 1.17. The lowest BCUT2D eigenvalue weighted by atomic mass is 9.71. The molecule has 194 valence electrons. The number of rotatable bonds is 7. The number of likely N-dealkylation sites (tertiary alicyclic amines) is 2. The second kappa shape index (κ2) is 12.0. The fourth-order valence-electron chi connectivity index (χ4n) is 6.33. The molecule has 3 nitrogen and oxygen atoms in total. The van der Waals surface area contributed by atoms with Gasteiger partial charge in [0.15, 0.2) is 0 Å². The van der Waals surface area contributed by atoms with Crippen molar-refractivity contribution >= 4 is 29.1 Å². The average molecular weight is 536 g/mol. The minimum absolute atomic E-state index is 0.112. The van der Waals surface area contributed by atoms with E-state index in [1.807, 2.05) is 47.4 Å². The molecule has 1 atom stereocenters. The predicted octanol–water partition coefficient (Wildman–Crippen LogP) is 7.83. The maximum Gasteiger partial charge on any atom is 0.253 e. The Morgan fingerprint density at radius 1 is 0.865 bits per heavy atom. The summed E-state index contributed by atoms with van der Waals surface area (Å²) >= 11 is 12.8. The van der Waals surface area contributed by atoms with Crippen molar-refractivity contribution in [2.45, 2.75) is 49.9 Å². The normalized spacial score (nSPS) is 21.2. The van der Waals surface area contributed by atoms with Gasteiger partial charge < -0.3 is 9.80 Å². The molecule has 0 N–H and O–H groups in total. The molecule has 5 rings (SSSR count). The van der Waals surface area contributed by atoms with Crippen LogP contribution in [0.25, 0.3) is 0 Å². The molecule has 2 fully saturated rings. The molecule has 0 radical (unpaired) electrons. The summed E-state index contributed by atoms with van der Waals surface area (Å²) in [6.07, 6.45) is 6.62. The average Bonchev–Trinajstić information content (AvgIpc) is 2.95. The number of benzene rings is 3. The van der Waals surface area contributed by atoms with Crippen LogP contribution in [-0.4, -0.2) is 48.4 Å². The van der Waals surface area contributed by atoms with E-state index in [-0.39, 0.29) is 11.3 Å². The summed E-state index contributed by atoms with van der Waals surface area (Å²) in [7, 11) is 0. The van der Waals surface area contributed by atoms with Gasteiger partial charge in [-0.2, -0.15) is 0 Å². The first-order chi connectivity index (χ1) is 18.0. The third-order valence-electron chi connectivity index (χ3n) is 8.41. The second-order valence-electron chi connectivity index (χ2n) is 10.7. The summed E-state index contributed by atoms with van der Waals surface area (Å²) in [5.74, 6) is 0.795. The molecule has 2 aliphatic heterocycles. The predicted molar refractivity (Wildman–Crippen MR) is 154 cm³/mol. The molecule has 2 saturated heterocycles. The highest BCUT2D eigenvalue weighted by atomic mass is 35.5. The monoisotopic (exact) mass is 534 g/mol. The summed E-state index contributed by atoms with van der Waals surface area (Å²) in [5.41, 5.74) is 3.33. The molecule has 1 amide bonds. The quantitative estimate of drug-likeness (QED) is 0.308. The molecule has 0 unspecified atom stereocenters. The third kappa shape index (κ3) is 6.22. The van der Waals surface area contributed by atoms with Gasteiger partial charge in [-0.3, -0.25) is 4.79 Å². The zero-order valence-electron chi connectivity index (χ0n) is 21.4. The maximum atomic E-state index is 13.4. The van der Waals surface area contributed by atoms with Crippen molar-refractivity contribution in [3.8, 4) is 0 Å². The highest BCUT2D eigenvalue weighted by Crippen LogP contribution is 2.41. The van der Waals surface area contributed by atoms with Gasteiger partial charge in [0, 0.05) is 24.1 Å². The first-order valence-electron chi connectivity index (χ1n) is 13.6. The van der Waals surface area contributed by atoms with E-state index >= 15 is 0 Å². The summed E-state index contributed by atoms with van der Waals surface area (Å²) in [4.78, 5) is 18.1. The van der Waals surface area contributed by atoms with Crippen LogP contribution in [-0.2, 0) is 5.41 Å². The Morgan fingerprint density at radius 3 is 2.27 bits per heavy atom. The largest absolute Gasteiger partial charge is 0.338 e. The van der Waals surface area contributed by atoms with E-state index in [4.69, 9.17) is 23.2 Å². The number of amides is 1. The highest BCUT2D eigenvalue weighted by molar-refractivity contribution is 6.42. The Hall–Kier alpha value is -2.33. The molecule has 0 spiro atoms. The SMILES string of the molecule is O=C(c1ccccc1)N1CCC[C@@](CCCN2CCC(c3ccccc3)CC2)(c2ccc(Cl)c(Cl)c2)C1. The molecular weight excluding hydrogens is 499 g/mol. The van der Waals surface area contributed by atoms with Gasteiger partial charge in [0.25, 0.3) is 5.91 Å². The Bertz CT molecular complexity index is 1180. The Kier molecular flexibility index (Phi) is 8.54. The first kappa shape index (κ1) is 26.3. The third-order valence-corrected chi connectivity index (χ3v) is 9.14. The van der Waals surface area contributed by atoms with E-state index in [1.54, 1.807) is 0 Å². The van der Waals surface area contributed by atoms with Gasteiger partial charge in [0.2, 0.25) is 0 Å². The van der Waals surface area contributed by atoms with Crippen LogP contribution in [0.4, 0.5) is 0 Å². The van der Waals surface area contributed by atoms with Crippen molar-refractivity contribution in [3.63, 3.8) is 0 Å². The van der Waals surface area contributed by atoms with Crippen molar-refractivity contribution in [2.24, 2.45) is 0 Å². The number of halogens is 2. The van der Waals surface area contributed by atoms with Gasteiger partial charge in [-0.05, 0) is 99.5 Å². The van der Waals surface area contributed by atoms with Crippen molar-refractivity contribution in [3.05, 3.63) is 106 Å². The number of hydrogen-bond donors (Lipinski definition) is 0. The van der Waals surface area contributed by atoms with Crippen LogP contribution in [0.1, 0.15) is 65.9 Å². The number of piperidine rings is 2. The molecule has 2 aliphatic rings. The molecule has 0 bridgehead atoms. The van der Waals surface area contributed by atoms with Gasteiger partial charge in [0.05, 0.1) is 10.0 Å². The van der Waals surface area contributed by atoms with E-state index in [0.29, 0.717) is 16.0 Å². The van der Waals surface area contributed by atoms with Crippen LogP contribution in [0.5, 0.6) is 0 Å². The molecule has 3 aromatic rings. The molecule has 37 heavy (non-hydrogen) atoms. The lowest BCUT2D eigenvalue weighted by molar-refractivity contribution is 0.0619. The van der Waals surface area contributed by atoms with Gasteiger partial charge in [-0.15, -0.1) is 0 Å². The first-order valence-corrected chi connectivity index (χ1v) is 14.4. The molecule has 5 heteroatoms. The Balaban J connectivity index is 1.27. The van der Waals surface area contributed by atoms with E-state index in [9.17, 15) is 4.79 Å². The van der Waals surface area contributed by atoms with Gasteiger partial charge >= 0.3 is 0 Å². The van der Waals surface area contributed by atoms with Crippen LogP contribution in [0.2, 0.25) is 10.0 Å². The Labute approximate surface area is 231 Å². The van der Waals surface area contributed by atoms with Crippen molar-refractivity contribution < 1.29 is 4.79 Å². The molecule has 0 aliphatic carbocycles. The van der Waals surface area contributed by atoms with Crippen LogP contribution in [0.15, 0.2) is 78.9 Å². The fraction of sp³-hybridized carbons (Fsp3) is 0.406. The zero-order valence-corrected chi connectivity index (χ0v) is 22.9. The van der Waals surface area contributed by atoms with Crippen molar-refractivity contribution in [1.82, 2.24) is 9.80 Å². The van der Waals surface area contributed by atoms with Gasteiger partial charge in [-0.25, -0.2) is 0 Å². The van der Waals surface area contributed by atoms with Gasteiger partial charge in [-0.1, -0.05) is 77.8 Å². The molecule has 0 aromatic heterocycles. The molecule has 3 aromatic carbocycles. The minimum Gasteiger partial charge on any atom is -0.338 e. The number of nitrogens with zero attached hydrogens (tertiary/aromatic N) is 2. The number of hydrogen-bond acceptors (Lipinski definition) is 2. The lowest BCUT2D eigenvalue weighted by Crippen LogP contribution is -2.49. The molecule has 0 saturated carbocycles. The second-order valence-corrected chi connectivity index (χ2v) is 11.6. The Morgan fingerprint density at radius 2 is 1.57 bits per heavy atom. The van der Waals surface area contributed by atoms with E-state index in [1.165, 1.54) is 24.0 Å². The van der Waals surface area contributed by atoms with Gasteiger partial charge in [0.1, 0.15) is 0 Å². The van der Waals surface area contributed by atoms with Crippen LogP contribution >= 0.6 is 23.2 Å². The maximum absolute atomic E-state index is 13.4. The van der Waals surface area contributed by atoms with Crippen molar-refractivity contribution in [2.75, 3.05) is 32.7 Å². The molecule has 2 heterocycles. The summed E-state index contributed by atoms with van der Waals surface area (Å²) in [6, 6.07) is 26.7. The van der Waals surface area contributed by atoms with Crippen molar-refractivity contribution in [1.29, 1.82) is 0 Å². The smallest absolute Gasteiger partial charge is 0.253 e. The minimum atomic E-state index is -0.112. The van der Waals surface area contributed by atoms with E-state index in [0.717, 1.165) is 64.0 Å². The topological polar surface area (TPSA) is 23.6 Å². The fourth-order valence-corrected chi connectivity index (χ4v) is 6.63. The van der Waals surface area contributed by atoms with E-state index < -0.39 is 0 Å². The highest BCUT2D eigenvalue weighted by Gasteiger charge is 2.39. The van der Waals surface area contributed by atoms with Crippen LogP contribution in [0.3, 0.4) is 0 Å². The standard InChI is InChI=1S/C32H36Cl2N2O/c33-29-14-13-28(23-30(29)34)32(18-8-20-36(24-32)31(37)27-11-5-2-6-12-27)17-7-19-35-21-15-26(16-22-35)25-9-3-1-4-10-25/h1-6,9-14,23,26H,7-8,15-22,24H2/t32-/m1/s1. The number of carbonyl (C=O) groups is 1. The molecular formula is C32H36Cl2N2O. The number of carbonyl (C=O) groups excluding carboxylic acids is 1. The van der Waals surface area contributed by atoms with Crippen LogP contribution < -0.4 is 0 Å². The summed E-state index contributed by atoms with van der Waals surface area (Å²) < 4.78 is 0. The lowest BCUT2D eigenvalue weighted by Gasteiger charge is -2.44. The zero-order chi connectivity index (χ0) is 25.7.